The zero-order valence-corrected chi connectivity index (χ0v) is 19.0. The summed E-state index contributed by atoms with van der Waals surface area (Å²) in [6.45, 7) is 8.43. The van der Waals surface area contributed by atoms with E-state index in [-0.39, 0.29) is 0 Å². The number of sulfonamides is 1. The van der Waals surface area contributed by atoms with Gasteiger partial charge in [0.15, 0.2) is 0 Å². The molecule has 0 N–H and O–H groups in total. The Balaban J connectivity index is 1.66. The Morgan fingerprint density at radius 2 is 1.73 bits per heavy atom. The van der Waals surface area contributed by atoms with E-state index in [1.807, 2.05) is 13.0 Å². The number of nitrogens with zero attached hydrogens (tertiary/aromatic N) is 2. The van der Waals surface area contributed by atoms with Crippen LogP contribution in [0.15, 0.2) is 47.4 Å². The molecule has 2 aromatic carbocycles. The quantitative estimate of drug-likeness (QED) is 0.600. The Labute approximate surface area is 180 Å². The zero-order chi connectivity index (χ0) is 21.6. The highest BCUT2D eigenvalue weighted by molar-refractivity contribution is 7.89. The van der Waals surface area contributed by atoms with Gasteiger partial charge in [-0.1, -0.05) is 24.3 Å². The molecule has 2 aromatic rings. The number of hydrogen-bond donors (Lipinski definition) is 0. The fraction of sp³-hybridized carbons (Fsp3) is 0.478. The lowest BCUT2D eigenvalue weighted by Gasteiger charge is -2.22. The highest BCUT2D eigenvalue weighted by Gasteiger charge is 2.27. The molecular weight excluding hydrogens is 400 g/mol. The molecule has 6 nitrogen and oxygen atoms in total. The third-order valence-electron chi connectivity index (χ3n) is 5.53. The standard InChI is InChI=1S/C23H32N2O4S/c1-19-7-4-5-8-21(19)18-24-11-6-12-25(14-13-24)30(26,27)22-9-10-23(20(2)17-22)29-16-15-28-3/h4-5,7-10,17H,6,11-16,18H2,1-3H3. The van der Waals surface area contributed by atoms with E-state index in [1.54, 1.807) is 29.6 Å². The van der Waals surface area contributed by atoms with Crippen LogP contribution in [0.25, 0.3) is 0 Å². The molecule has 0 spiro atoms. The molecule has 1 aliphatic heterocycles. The predicted molar refractivity (Wildman–Crippen MR) is 118 cm³/mol. The van der Waals surface area contributed by atoms with E-state index >= 15 is 0 Å². The lowest BCUT2D eigenvalue weighted by molar-refractivity contribution is 0.146. The van der Waals surface area contributed by atoms with Crippen LogP contribution in [0.3, 0.4) is 0 Å². The van der Waals surface area contributed by atoms with Crippen LogP contribution in [0.2, 0.25) is 0 Å². The van der Waals surface area contributed by atoms with E-state index in [0.717, 1.165) is 31.6 Å². The Hall–Kier alpha value is -1.93. The van der Waals surface area contributed by atoms with Gasteiger partial charge in [0.2, 0.25) is 10.0 Å². The van der Waals surface area contributed by atoms with Gasteiger partial charge in [0.25, 0.3) is 0 Å². The van der Waals surface area contributed by atoms with E-state index in [1.165, 1.54) is 11.1 Å². The van der Waals surface area contributed by atoms with Crippen LogP contribution in [0.5, 0.6) is 5.75 Å². The minimum absolute atomic E-state index is 0.325. The molecule has 0 aliphatic carbocycles. The van der Waals surface area contributed by atoms with E-state index in [9.17, 15) is 8.42 Å². The van der Waals surface area contributed by atoms with E-state index in [4.69, 9.17) is 9.47 Å². The highest BCUT2D eigenvalue weighted by atomic mass is 32.2. The van der Waals surface area contributed by atoms with Crippen molar-refractivity contribution in [3.8, 4) is 5.75 Å². The first-order chi connectivity index (χ1) is 14.4. The average Bonchev–Trinajstić information content (AvgIpc) is 2.97. The molecule has 3 rings (SSSR count). The Morgan fingerprint density at radius 3 is 2.47 bits per heavy atom. The second kappa shape index (κ2) is 10.4. The van der Waals surface area contributed by atoms with E-state index < -0.39 is 10.0 Å². The molecule has 0 aromatic heterocycles. The molecule has 1 fully saturated rings. The molecule has 0 bridgehead atoms. The maximum absolute atomic E-state index is 13.2. The number of benzene rings is 2. The minimum atomic E-state index is -3.53. The third kappa shape index (κ3) is 5.60. The molecule has 0 atom stereocenters. The normalized spacial score (nSPS) is 16.4. The first-order valence-corrected chi connectivity index (χ1v) is 11.8. The lowest BCUT2D eigenvalue weighted by Crippen LogP contribution is -2.35. The molecule has 0 radical (unpaired) electrons. The molecule has 0 saturated carbocycles. The molecule has 1 saturated heterocycles. The number of hydrogen-bond acceptors (Lipinski definition) is 5. The van der Waals surface area contributed by atoms with Crippen LogP contribution in [0.4, 0.5) is 0 Å². The first-order valence-electron chi connectivity index (χ1n) is 10.4. The summed E-state index contributed by atoms with van der Waals surface area (Å²) in [5.41, 5.74) is 3.38. The van der Waals surface area contributed by atoms with Crippen molar-refractivity contribution in [1.29, 1.82) is 0 Å². The van der Waals surface area contributed by atoms with Crippen LogP contribution in [0, 0.1) is 13.8 Å². The summed E-state index contributed by atoms with van der Waals surface area (Å²) < 4.78 is 38.7. The maximum Gasteiger partial charge on any atom is 0.243 e. The van der Waals surface area contributed by atoms with Crippen molar-refractivity contribution in [2.75, 3.05) is 46.5 Å². The van der Waals surface area contributed by atoms with Crippen molar-refractivity contribution >= 4 is 10.0 Å². The molecular formula is C23H32N2O4S. The summed E-state index contributed by atoms with van der Waals surface area (Å²) >= 11 is 0. The predicted octanol–water partition coefficient (Wildman–Crippen LogP) is 3.23. The average molecular weight is 433 g/mol. The summed E-state index contributed by atoms with van der Waals surface area (Å²) in [4.78, 5) is 2.67. The Morgan fingerprint density at radius 1 is 0.933 bits per heavy atom. The number of ether oxygens (including phenoxy) is 2. The monoisotopic (exact) mass is 432 g/mol. The Kier molecular flexibility index (Phi) is 7.88. The summed E-state index contributed by atoms with van der Waals surface area (Å²) in [6, 6.07) is 13.4. The van der Waals surface area contributed by atoms with Crippen molar-refractivity contribution in [2.24, 2.45) is 0 Å². The van der Waals surface area contributed by atoms with Crippen LogP contribution in [-0.4, -0.2) is 64.1 Å². The summed E-state index contributed by atoms with van der Waals surface area (Å²) in [6.07, 6.45) is 0.822. The third-order valence-corrected chi connectivity index (χ3v) is 7.43. The number of aryl methyl sites for hydroxylation is 2. The molecule has 1 aliphatic rings. The van der Waals surface area contributed by atoms with Gasteiger partial charge in [0.05, 0.1) is 11.5 Å². The van der Waals surface area contributed by atoms with Crippen LogP contribution >= 0.6 is 0 Å². The van der Waals surface area contributed by atoms with E-state index in [0.29, 0.717) is 36.9 Å². The highest BCUT2D eigenvalue weighted by Crippen LogP contribution is 2.25. The smallest absolute Gasteiger partial charge is 0.243 e. The van der Waals surface area contributed by atoms with Crippen molar-refractivity contribution in [3.05, 3.63) is 59.2 Å². The van der Waals surface area contributed by atoms with Crippen molar-refractivity contribution in [2.45, 2.75) is 31.7 Å². The van der Waals surface area contributed by atoms with Gasteiger partial charge in [-0.2, -0.15) is 4.31 Å². The zero-order valence-electron chi connectivity index (χ0n) is 18.1. The van der Waals surface area contributed by atoms with Crippen LogP contribution in [0.1, 0.15) is 23.1 Å². The van der Waals surface area contributed by atoms with Gasteiger partial charge < -0.3 is 9.47 Å². The summed E-state index contributed by atoms with van der Waals surface area (Å²) in [5, 5.41) is 0. The topological polar surface area (TPSA) is 59.1 Å². The minimum Gasteiger partial charge on any atom is -0.491 e. The fourth-order valence-corrected chi connectivity index (χ4v) is 5.26. The Bertz CT molecular complexity index is 946. The number of methoxy groups -OCH3 is 1. The van der Waals surface area contributed by atoms with Crippen LogP contribution in [-0.2, 0) is 21.3 Å². The van der Waals surface area contributed by atoms with Gasteiger partial charge in [-0.25, -0.2) is 8.42 Å². The van der Waals surface area contributed by atoms with Gasteiger partial charge in [0.1, 0.15) is 12.4 Å². The molecule has 7 heteroatoms. The molecule has 0 unspecified atom stereocenters. The molecule has 164 valence electrons. The number of rotatable bonds is 8. The molecule has 30 heavy (non-hydrogen) atoms. The van der Waals surface area contributed by atoms with Gasteiger partial charge in [-0.15, -0.1) is 0 Å². The van der Waals surface area contributed by atoms with E-state index in [2.05, 4.69) is 30.0 Å². The van der Waals surface area contributed by atoms with Gasteiger partial charge in [-0.3, -0.25) is 4.90 Å². The maximum atomic E-state index is 13.2. The molecule has 1 heterocycles. The van der Waals surface area contributed by atoms with Gasteiger partial charge >= 0.3 is 0 Å². The lowest BCUT2D eigenvalue weighted by atomic mass is 10.1. The van der Waals surface area contributed by atoms with Crippen molar-refractivity contribution in [1.82, 2.24) is 9.21 Å². The largest absolute Gasteiger partial charge is 0.491 e. The van der Waals surface area contributed by atoms with Gasteiger partial charge in [0, 0.05) is 33.3 Å². The van der Waals surface area contributed by atoms with Crippen molar-refractivity contribution in [3.63, 3.8) is 0 Å². The molecule has 0 amide bonds. The fourth-order valence-electron chi connectivity index (χ4n) is 3.70. The van der Waals surface area contributed by atoms with Crippen molar-refractivity contribution < 1.29 is 17.9 Å². The summed E-state index contributed by atoms with van der Waals surface area (Å²) in [7, 11) is -1.91. The second-order valence-electron chi connectivity index (χ2n) is 7.73. The summed E-state index contributed by atoms with van der Waals surface area (Å²) in [5.74, 6) is 0.686. The van der Waals surface area contributed by atoms with Gasteiger partial charge in [-0.05, 0) is 61.7 Å². The second-order valence-corrected chi connectivity index (χ2v) is 9.67. The van der Waals surface area contributed by atoms with Crippen LogP contribution < -0.4 is 4.74 Å². The SMILES string of the molecule is COCCOc1ccc(S(=O)(=O)N2CCCN(Cc3ccccc3C)CC2)cc1C. The first kappa shape index (κ1) is 22.7.